The van der Waals surface area contributed by atoms with Gasteiger partial charge in [-0.15, -0.1) is 10.2 Å². The Morgan fingerprint density at radius 1 is 1.36 bits per heavy atom. The number of thioether (sulfide) groups is 1. The molecule has 0 aliphatic carbocycles. The first kappa shape index (κ1) is 16.6. The fourth-order valence-electron chi connectivity index (χ4n) is 1.64. The van der Waals surface area contributed by atoms with E-state index in [1.54, 1.807) is 12.1 Å². The number of hydrogen-bond acceptors (Lipinski definition) is 5. The van der Waals surface area contributed by atoms with Gasteiger partial charge in [-0.25, -0.2) is 0 Å². The first-order valence-electron chi connectivity index (χ1n) is 6.70. The minimum absolute atomic E-state index is 0.0318. The highest BCUT2D eigenvalue weighted by atomic mass is 35.5. The van der Waals surface area contributed by atoms with Crippen LogP contribution in [0.25, 0.3) is 0 Å². The van der Waals surface area contributed by atoms with E-state index in [0.717, 1.165) is 22.5 Å². The van der Waals surface area contributed by atoms with Gasteiger partial charge in [-0.1, -0.05) is 23.4 Å². The summed E-state index contributed by atoms with van der Waals surface area (Å²) in [6.07, 6.45) is 0. The summed E-state index contributed by atoms with van der Waals surface area (Å²) in [7, 11) is 1.89. The largest absolute Gasteiger partial charge is 0.486 e. The maximum absolute atomic E-state index is 10.8. The van der Waals surface area contributed by atoms with E-state index in [-0.39, 0.29) is 5.91 Å². The number of rotatable bonds is 7. The van der Waals surface area contributed by atoms with Gasteiger partial charge in [-0.3, -0.25) is 4.79 Å². The fourth-order valence-corrected chi connectivity index (χ4v) is 2.55. The Hall–Kier alpha value is -1.73. The van der Waals surface area contributed by atoms with Crippen molar-refractivity contribution in [2.75, 3.05) is 12.3 Å². The second-order valence-corrected chi connectivity index (χ2v) is 6.03. The number of nitrogens with one attached hydrogen (secondary N) is 1. The van der Waals surface area contributed by atoms with E-state index in [0.29, 0.717) is 18.2 Å². The monoisotopic (exact) mass is 340 g/mol. The summed E-state index contributed by atoms with van der Waals surface area (Å²) >= 11 is 7.36. The van der Waals surface area contributed by atoms with Crippen LogP contribution in [-0.4, -0.2) is 33.0 Å². The van der Waals surface area contributed by atoms with E-state index >= 15 is 0 Å². The minimum Gasteiger partial charge on any atom is -0.486 e. The van der Waals surface area contributed by atoms with Crippen LogP contribution in [0.1, 0.15) is 12.7 Å². The molecule has 0 aliphatic heterocycles. The molecule has 0 saturated carbocycles. The number of amides is 1. The van der Waals surface area contributed by atoms with Gasteiger partial charge < -0.3 is 14.6 Å². The third kappa shape index (κ3) is 4.92. The first-order valence-corrected chi connectivity index (χ1v) is 8.06. The zero-order valence-corrected chi connectivity index (χ0v) is 13.9. The molecule has 1 N–H and O–H groups in total. The highest BCUT2D eigenvalue weighted by Crippen LogP contribution is 2.18. The molecule has 0 unspecified atom stereocenters. The Labute approximate surface area is 138 Å². The average molecular weight is 341 g/mol. The molecule has 1 aromatic carbocycles. The van der Waals surface area contributed by atoms with Crippen LogP contribution >= 0.6 is 23.4 Å². The Kier molecular flexibility index (Phi) is 6.09. The van der Waals surface area contributed by atoms with Crippen molar-refractivity contribution in [1.29, 1.82) is 0 Å². The molecule has 0 fully saturated rings. The lowest BCUT2D eigenvalue weighted by Crippen LogP contribution is -2.22. The quantitative estimate of drug-likeness (QED) is 0.618. The van der Waals surface area contributed by atoms with E-state index in [9.17, 15) is 4.79 Å². The number of carbonyl (C=O) groups excluding carboxylic acids is 1. The Morgan fingerprint density at radius 3 is 2.77 bits per heavy atom. The topological polar surface area (TPSA) is 69.0 Å². The van der Waals surface area contributed by atoms with E-state index in [4.69, 9.17) is 16.3 Å². The van der Waals surface area contributed by atoms with Crippen molar-refractivity contribution in [3.05, 3.63) is 35.1 Å². The summed E-state index contributed by atoms with van der Waals surface area (Å²) in [6.45, 7) is 2.43. The van der Waals surface area contributed by atoms with Crippen LogP contribution in [-0.2, 0) is 18.4 Å². The predicted molar refractivity (Wildman–Crippen MR) is 86.2 cm³/mol. The molecular formula is C14H17ClN4O2S. The molecule has 8 heteroatoms. The van der Waals surface area contributed by atoms with Crippen molar-refractivity contribution in [3.63, 3.8) is 0 Å². The molecule has 0 bridgehead atoms. The number of nitrogens with zero attached hydrogens (tertiary/aromatic N) is 3. The lowest BCUT2D eigenvalue weighted by Gasteiger charge is -2.06. The standard InChI is InChI=1S/C14H17ClN4O2S/c1-10(20)16-7-8-22-14-18-17-13(19(14)2)9-21-12-5-3-11(15)4-6-12/h3-6H,7-9H2,1-2H3,(H,16,20). The number of carbonyl (C=O) groups is 1. The molecule has 118 valence electrons. The number of ether oxygens (including phenoxy) is 1. The van der Waals surface area contributed by atoms with Gasteiger partial charge in [0, 0.05) is 31.3 Å². The highest BCUT2D eigenvalue weighted by molar-refractivity contribution is 7.99. The molecule has 22 heavy (non-hydrogen) atoms. The van der Waals surface area contributed by atoms with Gasteiger partial charge in [-0.05, 0) is 24.3 Å². The van der Waals surface area contributed by atoms with Crippen LogP contribution in [0.15, 0.2) is 29.4 Å². The Balaban J connectivity index is 1.85. The third-order valence-electron chi connectivity index (χ3n) is 2.81. The highest BCUT2D eigenvalue weighted by Gasteiger charge is 2.09. The lowest BCUT2D eigenvalue weighted by atomic mass is 10.3. The van der Waals surface area contributed by atoms with E-state index < -0.39 is 0 Å². The molecule has 2 rings (SSSR count). The summed E-state index contributed by atoms with van der Waals surface area (Å²) < 4.78 is 7.53. The molecule has 1 heterocycles. The number of benzene rings is 1. The third-order valence-corrected chi connectivity index (χ3v) is 4.09. The van der Waals surface area contributed by atoms with Gasteiger partial charge in [0.25, 0.3) is 0 Å². The molecule has 0 atom stereocenters. The van der Waals surface area contributed by atoms with Crippen LogP contribution in [0, 0.1) is 0 Å². The number of hydrogen-bond donors (Lipinski definition) is 1. The predicted octanol–water partition coefficient (Wildman–Crippen LogP) is 2.28. The van der Waals surface area contributed by atoms with Crippen molar-refractivity contribution < 1.29 is 9.53 Å². The molecule has 1 aromatic heterocycles. The van der Waals surface area contributed by atoms with Crippen molar-refractivity contribution in [2.45, 2.75) is 18.7 Å². The summed E-state index contributed by atoms with van der Waals surface area (Å²) in [5, 5.41) is 12.4. The average Bonchev–Trinajstić information content (AvgIpc) is 2.84. The van der Waals surface area contributed by atoms with Crippen LogP contribution in [0.4, 0.5) is 0 Å². The SMILES string of the molecule is CC(=O)NCCSc1nnc(COc2ccc(Cl)cc2)n1C. The maximum Gasteiger partial charge on any atom is 0.216 e. The normalized spacial score (nSPS) is 10.5. The molecule has 0 saturated heterocycles. The van der Waals surface area contributed by atoms with Crippen LogP contribution in [0.5, 0.6) is 5.75 Å². The summed E-state index contributed by atoms with van der Waals surface area (Å²) in [4.78, 5) is 10.8. The van der Waals surface area contributed by atoms with Crippen LogP contribution in [0.3, 0.4) is 0 Å². The lowest BCUT2D eigenvalue weighted by molar-refractivity contribution is -0.118. The van der Waals surface area contributed by atoms with Crippen molar-refractivity contribution >= 4 is 29.3 Å². The van der Waals surface area contributed by atoms with E-state index in [2.05, 4.69) is 15.5 Å². The second-order valence-electron chi connectivity index (χ2n) is 4.53. The zero-order valence-electron chi connectivity index (χ0n) is 12.4. The Morgan fingerprint density at radius 2 is 2.09 bits per heavy atom. The molecular weight excluding hydrogens is 324 g/mol. The zero-order chi connectivity index (χ0) is 15.9. The minimum atomic E-state index is -0.0318. The van der Waals surface area contributed by atoms with E-state index in [1.165, 1.54) is 18.7 Å². The van der Waals surface area contributed by atoms with Crippen molar-refractivity contribution in [2.24, 2.45) is 7.05 Å². The summed E-state index contributed by atoms with van der Waals surface area (Å²) in [5.41, 5.74) is 0. The van der Waals surface area contributed by atoms with E-state index in [1.807, 2.05) is 23.7 Å². The summed E-state index contributed by atoms with van der Waals surface area (Å²) in [6, 6.07) is 7.16. The molecule has 0 aliphatic rings. The van der Waals surface area contributed by atoms with Crippen LogP contribution < -0.4 is 10.1 Å². The second kappa shape index (κ2) is 8.05. The molecule has 0 spiro atoms. The number of halogens is 1. The molecule has 0 radical (unpaired) electrons. The van der Waals surface area contributed by atoms with Crippen LogP contribution in [0.2, 0.25) is 5.02 Å². The maximum atomic E-state index is 10.8. The first-order chi connectivity index (χ1) is 10.6. The van der Waals surface area contributed by atoms with Gasteiger partial charge in [0.05, 0.1) is 0 Å². The Bertz CT molecular complexity index is 630. The smallest absolute Gasteiger partial charge is 0.216 e. The molecule has 2 aromatic rings. The van der Waals surface area contributed by atoms with Crippen molar-refractivity contribution in [1.82, 2.24) is 20.1 Å². The summed E-state index contributed by atoms with van der Waals surface area (Å²) in [5.74, 6) is 2.17. The van der Waals surface area contributed by atoms with Gasteiger partial charge in [0.15, 0.2) is 11.0 Å². The van der Waals surface area contributed by atoms with Gasteiger partial charge in [0.1, 0.15) is 12.4 Å². The van der Waals surface area contributed by atoms with Crippen molar-refractivity contribution in [3.8, 4) is 5.75 Å². The van der Waals surface area contributed by atoms with Gasteiger partial charge >= 0.3 is 0 Å². The molecule has 1 amide bonds. The fraction of sp³-hybridized carbons (Fsp3) is 0.357. The van der Waals surface area contributed by atoms with Gasteiger partial charge in [-0.2, -0.15) is 0 Å². The molecule has 6 nitrogen and oxygen atoms in total. The van der Waals surface area contributed by atoms with Gasteiger partial charge in [0.2, 0.25) is 5.91 Å². The number of aromatic nitrogens is 3.